The van der Waals surface area contributed by atoms with Crippen LogP contribution in [-0.2, 0) is 4.74 Å². The van der Waals surface area contributed by atoms with Gasteiger partial charge in [-0.3, -0.25) is 0 Å². The topological polar surface area (TPSA) is 40.6 Å². The fourth-order valence-electron chi connectivity index (χ4n) is 2.81. The standard InChI is InChI=1S/C20H21NO3/c1-14-19(15-7-5-4-6-8-15)18-13-16(23-3)9-10-17(18)20(21-14)24-12-11-22-2/h4-10,13H,11-12H2,1-3H3. The molecule has 0 amide bonds. The Morgan fingerprint density at radius 2 is 1.71 bits per heavy atom. The molecule has 0 atom stereocenters. The van der Waals surface area contributed by atoms with E-state index in [0.29, 0.717) is 19.1 Å². The first-order chi connectivity index (χ1) is 11.7. The monoisotopic (exact) mass is 323 g/mol. The Morgan fingerprint density at radius 1 is 0.917 bits per heavy atom. The van der Waals surface area contributed by atoms with Gasteiger partial charge in [-0.25, -0.2) is 4.98 Å². The fourth-order valence-corrected chi connectivity index (χ4v) is 2.81. The molecule has 0 fully saturated rings. The lowest BCUT2D eigenvalue weighted by Gasteiger charge is -2.15. The van der Waals surface area contributed by atoms with Crippen LogP contribution in [0.1, 0.15) is 5.69 Å². The minimum atomic E-state index is 0.467. The number of aryl methyl sites for hydroxylation is 1. The highest BCUT2D eigenvalue weighted by Gasteiger charge is 2.15. The first-order valence-electron chi connectivity index (χ1n) is 7.90. The first-order valence-corrected chi connectivity index (χ1v) is 7.90. The van der Waals surface area contributed by atoms with Crippen molar-refractivity contribution in [1.82, 2.24) is 4.98 Å². The summed E-state index contributed by atoms with van der Waals surface area (Å²) in [6.07, 6.45) is 0. The van der Waals surface area contributed by atoms with Crippen LogP contribution in [-0.4, -0.2) is 32.4 Å². The summed E-state index contributed by atoms with van der Waals surface area (Å²) in [5, 5.41) is 2.04. The van der Waals surface area contributed by atoms with Crippen LogP contribution in [0.4, 0.5) is 0 Å². The van der Waals surface area contributed by atoms with E-state index in [0.717, 1.165) is 33.3 Å². The van der Waals surface area contributed by atoms with E-state index in [4.69, 9.17) is 14.2 Å². The minimum absolute atomic E-state index is 0.467. The van der Waals surface area contributed by atoms with Gasteiger partial charge in [-0.15, -0.1) is 0 Å². The van der Waals surface area contributed by atoms with E-state index in [1.165, 1.54) is 0 Å². The molecule has 4 nitrogen and oxygen atoms in total. The third kappa shape index (κ3) is 3.19. The maximum absolute atomic E-state index is 5.83. The smallest absolute Gasteiger partial charge is 0.221 e. The molecule has 0 N–H and O–H groups in total. The van der Waals surface area contributed by atoms with Crippen LogP contribution in [0.3, 0.4) is 0 Å². The van der Waals surface area contributed by atoms with Crippen LogP contribution in [0.15, 0.2) is 48.5 Å². The maximum Gasteiger partial charge on any atom is 0.221 e. The van der Waals surface area contributed by atoms with Crippen LogP contribution in [0.5, 0.6) is 11.6 Å². The molecule has 3 aromatic rings. The van der Waals surface area contributed by atoms with Crippen molar-refractivity contribution in [2.24, 2.45) is 0 Å². The van der Waals surface area contributed by atoms with Gasteiger partial charge in [-0.1, -0.05) is 30.3 Å². The van der Waals surface area contributed by atoms with Crippen molar-refractivity contribution in [2.75, 3.05) is 27.4 Å². The number of fused-ring (bicyclic) bond motifs is 1. The molecule has 1 heterocycles. The maximum atomic E-state index is 5.83. The third-order valence-corrected chi connectivity index (χ3v) is 3.95. The molecule has 0 aliphatic heterocycles. The van der Waals surface area contributed by atoms with Crippen LogP contribution >= 0.6 is 0 Å². The Morgan fingerprint density at radius 3 is 2.42 bits per heavy atom. The van der Waals surface area contributed by atoms with E-state index < -0.39 is 0 Å². The van der Waals surface area contributed by atoms with Gasteiger partial charge in [0.25, 0.3) is 0 Å². The zero-order chi connectivity index (χ0) is 16.9. The molecular weight excluding hydrogens is 302 g/mol. The molecular formula is C20H21NO3. The van der Waals surface area contributed by atoms with Crippen molar-refractivity contribution in [2.45, 2.75) is 6.92 Å². The number of hydrogen-bond donors (Lipinski definition) is 0. The molecule has 0 bridgehead atoms. The van der Waals surface area contributed by atoms with Crippen molar-refractivity contribution in [3.8, 4) is 22.8 Å². The molecule has 0 unspecified atom stereocenters. The molecule has 0 saturated heterocycles. The lowest BCUT2D eigenvalue weighted by Crippen LogP contribution is -2.07. The Hall–Kier alpha value is -2.59. The zero-order valence-corrected chi connectivity index (χ0v) is 14.2. The summed E-state index contributed by atoms with van der Waals surface area (Å²) in [6.45, 7) is 3.00. The summed E-state index contributed by atoms with van der Waals surface area (Å²) in [6, 6.07) is 16.2. The number of ether oxygens (including phenoxy) is 3. The van der Waals surface area contributed by atoms with Gasteiger partial charge in [0, 0.05) is 29.1 Å². The van der Waals surface area contributed by atoms with Crippen LogP contribution in [0.2, 0.25) is 0 Å². The molecule has 0 aliphatic rings. The van der Waals surface area contributed by atoms with Crippen LogP contribution in [0.25, 0.3) is 21.9 Å². The highest BCUT2D eigenvalue weighted by atomic mass is 16.5. The Bertz CT molecular complexity index is 831. The second-order valence-corrected chi connectivity index (χ2v) is 5.50. The van der Waals surface area contributed by atoms with Crippen LogP contribution < -0.4 is 9.47 Å². The molecule has 0 radical (unpaired) electrons. The van der Waals surface area contributed by atoms with Crippen molar-refractivity contribution in [1.29, 1.82) is 0 Å². The van der Waals surface area contributed by atoms with Gasteiger partial charge in [0.1, 0.15) is 12.4 Å². The third-order valence-electron chi connectivity index (χ3n) is 3.95. The quantitative estimate of drug-likeness (QED) is 0.636. The normalized spacial score (nSPS) is 10.8. The lowest BCUT2D eigenvalue weighted by molar-refractivity contribution is 0.144. The fraction of sp³-hybridized carbons (Fsp3) is 0.250. The molecule has 124 valence electrons. The minimum Gasteiger partial charge on any atom is -0.497 e. The largest absolute Gasteiger partial charge is 0.497 e. The van der Waals surface area contributed by atoms with Crippen molar-refractivity contribution in [3.63, 3.8) is 0 Å². The molecule has 24 heavy (non-hydrogen) atoms. The van der Waals surface area contributed by atoms with Gasteiger partial charge in [0.05, 0.1) is 13.7 Å². The molecule has 0 saturated carbocycles. The molecule has 0 aliphatic carbocycles. The number of hydrogen-bond acceptors (Lipinski definition) is 4. The molecule has 2 aromatic carbocycles. The Balaban J connectivity index is 2.20. The van der Waals surface area contributed by atoms with Gasteiger partial charge in [-0.2, -0.15) is 0 Å². The number of benzene rings is 2. The van der Waals surface area contributed by atoms with E-state index in [1.54, 1.807) is 14.2 Å². The molecule has 3 rings (SSSR count). The summed E-state index contributed by atoms with van der Waals surface area (Å²) in [5.74, 6) is 1.44. The van der Waals surface area contributed by atoms with Gasteiger partial charge in [0.15, 0.2) is 0 Å². The summed E-state index contributed by atoms with van der Waals surface area (Å²) < 4.78 is 16.3. The molecule has 1 aromatic heterocycles. The second kappa shape index (κ2) is 7.32. The SMILES string of the molecule is COCCOc1nc(C)c(-c2ccccc2)c2cc(OC)ccc12. The van der Waals surface area contributed by atoms with Gasteiger partial charge in [-0.05, 0) is 30.7 Å². The first kappa shape index (κ1) is 16.3. The van der Waals surface area contributed by atoms with Gasteiger partial charge in [0.2, 0.25) is 5.88 Å². The predicted molar refractivity (Wildman–Crippen MR) is 95.8 cm³/mol. The number of rotatable bonds is 6. The molecule has 0 spiro atoms. The van der Waals surface area contributed by atoms with E-state index in [-0.39, 0.29) is 0 Å². The average Bonchev–Trinajstić information content (AvgIpc) is 2.62. The molecule has 4 heteroatoms. The van der Waals surface area contributed by atoms with Crippen molar-refractivity contribution < 1.29 is 14.2 Å². The van der Waals surface area contributed by atoms with Crippen molar-refractivity contribution in [3.05, 3.63) is 54.2 Å². The van der Waals surface area contributed by atoms with E-state index in [2.05, 4.69) is 17.1 Å². The van der Waals surface area contributed by atoms with E-state index in [1.807, 2.05) is 43.3 Å². The van der Waals surface area contributed by atoms with Gasteiger partial charge >= 0.3 is 0 Å². The highest BCUT2D eigenvalue weighted by molar-refractivity contribution is 6.00. The number of aromatic nitrogens is 1. The lowest BCUT2D eigenvalue weighted by atomic mass is 9.97. The second-order valence-electron chi connectivity index (χ2n) is 5.50. The number of methoxy groups -OCH3 is 2. The highest BCUT2D eigenvalue weighted by Crippen LogP contribution is 2.37. The summed E-state index contributed by atoms with van der Waals surface area (Å²) in [4.78, 5) is 4.69. The predicted octanol–water partition coefficient (Wildman–Crippen LogP) is 4.24. The average molecular weight is 323 g/mol. The Labute approximate surface area is 142 Å². The van der Waals surface area contributed by atoms with E-state index >= 15 is 0 Å². The van der Waals surface area contributed by atoms with Gasteiger partial charge < -0.3 is 14.2 Å². The van der Waals surface area contributed by atoms with Crippen molar-refractivity contribution >= 4 is 10.8 Å². The number of pyridine rings is 1. The Kier molecular flexibility index (Phi) is 4.96. The number of nitrogens with zero attached hydrogens (tertiary/aromatic N) is 1. The zero-order valence-electron chi connectivity index (χ0n) is 14.2. The summed E-state index contributed by atoms with van der Waals surface area (Å²) in [7, 11) is 3.33. The van der Waals surface area contributed by atoms with E-state index in [9.17, 15) is 0 Å². The van der Waals surface area contributed by atoms with Crippen LogP contribution in [0, 0.1) is 6.92 Å². The summed E-state index contributed by atoms with van der Waals surface area (Å²) in [5.41, 5.74) is 3.15. The summed E-state index contributed by atoms with van der Waals surface area (Å²) >= 11 is 0.